The van der Waals surface area contributed by atoms with Crippen molar-refractivity contribution in [2.45, 2.75) is 69.6 Å². The molecule has 0 unspecified atom stereocenters. The van der Waals surface area contributed by atoms with Gasteiger partial charge in [-0.2, -0.15) is 0 Å². The quantitative estimate of drug-likeness (QED) is 0.134. The number of para-hydroxylation sites is 1. The van der Waals surface area contributed by atoms with Gasteiger partial charge in [0.05, 0.1) is 18.8 Å². The fourth-order valence-electron chi connectivity index (χ4n) is 6.95. The first-order chi connectivity index (χ1) is 29.3. The van der Waals surface area contributed by atoms with Crippen molar-refractivity contribution in [3.63, 3.8) is 0 Å². The molecule has 1 saturated carbocycles. The Morgan fingerprint density at radius 1 is 0.574 bits per heavy atom. The number of likely N-dealkylation sites (tertiary alicyclic amines) is 2. The number of halogens is 4. The third-order valence-electron chi connectivity index (χ3n) is 9.92. The van der Waals surface area contributed by atoms with Crippen LogP contribution in [0.15, 0.2) is 97.1 Å². The summed E-state index contributed by atoms with van der Waals surface area (Å²) in [7, 11) is 0. The average Bonchev–Trinajstić information content (AvgIpc) is 3.75. The van der Waals surface area contributed by atoms with Crippen LogP contribution in [0, 0.1) is 23.3 Å². The number of benzene rings is 4. The van der Waals surface area contributed by atoms with Crippen LogP contribution in [0.3, 0.4) is 0 Å². The van der Waals surface area contributed by atoms with Crippen LogP contribution in [0.5, 0.6) is 0 Å². The van der Waals surface area contributed by atoms with E-state index in [1.165, 1.54) is 97.8 Å². The average molecular weight is 850 g/mol. The van der Waals surface area contributed by atoms with E-state index in [4.69, 9.17) is 14.6 Å². The van der Waals surface area contributed by atoms with Gasteiger partial charge >= 0.3 is 18.3 Å². The van der Waals surface area contributed by atoms with Crippen LogP contribution >= 0.6 is 0 Å². The molecular formula is C44H47F4N5O8. The molecule has 3 aliphatic rings. The lowest BCUT2D eigenvalue weighted by molar-refractivity contribution is 0.0387. The minimum atomic E-state index is -0.887. The molecule has 2 atom stereocenters. The summed E-state index contributed by atoms with van der Waals surface area (Å²) in [5.74, 6) is -2.31. The highest BCUT2D eigenvalue weighted by Crippen LogP contribution is 2.21. The van der Waals surface area contributed by atoms with E-state index in [1.54, 1.807) is 21.9 Å². The lowest BCUT2D eigenvalue weighted by Crippen LogP contribution is -2.44. The van der Waals surface area contributed by atoms with Gasteiger partial charge in [0.15, 0.2) is 0 Å². The van der Waals surface area contributed by atoms with E-state index in [1.807, 2.05) is 0 Å². The van der Waals surface area contributed by atoms with Crippen molar-refractivity contribution in [2.75, 3.05) is 36.8 Å². The van der Waals surface area contributed by atoms with E-state index in [2.05, 4.69) is 16.0 Å². The molecule has 0 bridgehead atoms. The first-order valence-electron chi connectivity index (χ1n) is 19.9. The molecule has 7 rings (SSSR count). The molecule has 1 aliphatic carbocycles. The topological polar surface area (TPSA) is 167 Å². The van der Waals surface area contributed by atoms with Crippen molar-refractivity contribution in [1.29, 1.82) is 0 Å². The van der Waals surface area contributed by atoms with Crippen LogP contribution in [0.25, 0.3) is 0 Å². The summed E-state index contributed by atoms with van der Waals surface area (Å²) in [6.07, 6.45) is 3.68. The van der Waals surface area contributed by atoms with E-state index in [0.717, 1.165) is 12.8 Å². The van der Waals surface area contributed by atoms with Crippen molar-refractivity contribution in [2.24, 2.45) is 0 Å². The Morgan fingerprint density at radius 3 is 1.57 bits per heavy atom. The highest BCUT2D eigenvalue weighted by Gasteiger charge is 2.28. The van der Waals surface area contributed by atoms with Gasteiger partial charge in [0.2, 0.25) is 0 Å². The normalized spacial score (nSPS) is 17.3. The van der Waals surface area contributed by atoms with Crippen molar-refractivity contribution in [3.8, 4) is 0 Å². The van der Waals surface area contributed by atoms with Crippen LogP contribution in [0.2, 0.25) is 0 Å². The van der Waals surface area contributed by atoms with Crippen molar-refractivity contribution in [3.05, 3.63) is 131 Å². The van der Waals surface area contributed by atoms with Gasteiger partial charge in [0.1, 0.15) is 35.5 Å². The lowest BCUT2D eigenvalue weighted by Gasteiger charge is -2.32. The van der Waals surface area contributed by atoms with Crippen LogP contribution in [-0.2, 0) is 9.47 Å². The predicted octanol–water partition coefficient (Wildman–Crippen LogP) is 8.83. The number of hydrogen-bond acceptors (Lipinski definition) is 7. The minimum Gasteiger partial charge on any atom is -0.465 e. The number of carboxylic acid groups (broad SMARTS) is 1. The van der Waals surface area contributed by atoms with E-state index in [0.29, 0.717) is 55.6 Å². The molecule has 0 spiro atoms. The SMILES string of the molecule is O=C(Nc1cccc(F)c1)O[C@H]1CCCN(C(=O)c2ccc(F)cc2)C1.O=C(Nc1ccccc1F)O[C@H]1CCCN(C(=O)c2ccc(F)cc2)C1.O=C(O)NC1CCCC1. The fraction of sp³-hybridized carbons (Fsp3) is 0.341. The zero-order chi connectivity index (χ0) is 43.7. The lowest BCUT2D eigenvalue weighted by atomic mass is 10.1. The number of hydrogen-bond donors (Lipinski definition) is 4. The number of amides is 5. The maximum absolute atomic E-state index is 13.6. The molecule has 3 fully saturated rings. The molecule has 324 valence electrons. The van der Waals surface area contributed by atoms with Gasteiger partial charge in [0.25, 0.3) is 11.8 Å². The van der Waals surface area contributed by atoms with Gasteiger partial charge in [-0.25, -0.2) is 31.9 Å². The van der Waals surface area contributed by atoms with Crippen molar-refractivity contribution < 1.29 is 56.1 Å². The summed E-state index contributed by atoms with van der Waals surface area (Å²) in [5, 5.41) is 15.5. The maximum Gasteiger partial charge on any atom is 0.412 e. The molecule has 2 aliphatic heterocycles. The maximum atomic E-state index is 13.6. The smallest absolute Gasteiger partial charge is 0.412 e. The highest BCUT2D eigenvalue weighted by atomic mass is 19.1. The summed E-state index contributed by atoms with van der Waals surface area (Å²) in [6, 6.07) is 22.2. The Bertz CT molecular complexity index is 2100. The van der Waals surface area contributed by atoms with Crippen molar-refractivity contribution in [1.82, 2.24) is 15.1 Å². The fourth-order valence-corrected chi connectivity index (χ4v) is 6.95. The number of piperidine rings is 2. The zero-order valence-corrected chi connectivity index (χ0v) is 33.2. The molecular weight excluding hydrogens is 803 g/mol. The first kappa shape index (κ1) is 45.4. The molecule has 5 amide bonds. The monoisotopic (exact) mass is 849 g/mol. The molecule has 4 aromatic carbocycles. The van der Waals surface area contributed by atoms with Crippen LogP contribution in [-0.4, -0.2) is 89.4 Å². The van der Waals surface area contributed by atoms with Gasteiger partial charge in [-0.1, -0.05) is 31.0 Å². The van der Waals surface area contributed by atoms with E-state index >= 15 is 0 Å². The number of nitrogens with zero attached hydrogens (tertiary/aromatic N) is 2. The number of ether oxygens (including phenoxy) is 2. The van der Waals surface area contributed by atoms with Gasteiger partial charge in [0, 0.05) is 35.9 Å². The summed E-state index contributed by atoms with van der Waals surface area (Å²) in [5.41, 5.74) is 1.09. The summed E-state index contributed by atoms with van der Waals surface area (Å²) in [4.78, 5) is 62.1. The molecule has 17 heteroatoms. The standard InChI is InChI=1S/2C19H18F2N2O3.C6H11NO2/c20-14-8-6-13(7-9-14)18(24)23-10-2-5-17(12-23)26-19(25)22-16-4-1-3-15(21)11-16;20-14-9-7-13(8-10-14)18(24)23-11-3-4-15(12-23)26-19(25)22-17-6-2-1-5-16(17)21;8-6(9)7-5-3-1-2-4-5/h1,3-4,6-9,11,17H,2,5,10,12H2,(H,22,25);1-2,5-10,15H,3-4,11-12H2,(H,22,25);5,7H,1-4H2,(H,8,9)/t17-;15-;/m00./s1. The van der Waals surface area contributed by atoms with Gasteiger partial charge < -0.3 is 29.7 Å². The number of carbonyl (C=O) groups is 5. The molecule has 4 aromatic rings. The number of anilines is 2. The molecule has 0 radical (unpaired) electrons. The predicted molar refractivity (Wildman–Crippen MR) is 217 cm³/mol. The third kappa shape index (κ3) is 14.8. The summed E-state index contributed by atoms with van der Waals surface area (Å²) < 4.78 is 63.3. The Labute approximate surface area is 350 Å². The number of carbonyl (C=O) groups excluding carboxylic acids is 4. The van der Waals surface area contributed by atoms with Crippen LogP contribution in [0.4, 0.5) is 43.3 Å². The Hall–Kier alpha value is -6.65. The second-order valence-electron chi connectivity index (χ2n) is 14.5. The molecule has 2 heterocycles. The molecule has 61 heavy (non-hydrogen) atoms. The second-order valence-corrected chi connectivity index (χ2v) is 14.5. The minimum absolute atomic E-state index is 0.0348. The molecule has 13 nitrogen and oxygen atoms in total. The van der Waals surface area contributed by atoms with Gasteiger partial charge in [-0.15, -0.1) is 0 Å². The van der Waals surface area contributed by atoms with Gasteiger partial charge in [-0.05, 0) is 117 Å². The van der Waals surface area contributed by atoms with Crippen LogP contribution in [0.1, 0.15) is 72.1 Å². The third-order valence-corrected chi connectivity index (χ3v) is 9.92. The molecule has 2 saturated heterocycles. The van der Waals surface area contributed by atoms with E-state index < -0.39 is 53.8 Å². The molecule has 4 N–H and O–H groups in total. The molecule has 0 aromatic heterocycles. The number of nitrogens with one attached hydrogen (secondary N) is 3. The first-order valence-corrected chi connectivity index (χ1v) is 19.9. The van der Waals surface area contributed by atoms with Gasteiger partial charge in [-0.3, -0.25) is 20.2 Å². The Kier molecular flexibility index (Phi) is 16.9. The highest BCUT2D eigenvalue weighted by molar-refractivity contribution is 5.95. The second kappa shape index (κ2) is 22.6. The van der Waals surface area contributed by atoms with Crippen molar-refractivity contribution >= 4 is 41.5 Å². The Morgan fingerprint density at radius 2 is 1.08 bits per heavy atom. The zero-order valence-electron chi connectivity index (χ0n) is 33.2. The summed E-state index contributed by atoms with van der Waals surface area (Å²) in [6.45, 7) is 1.57. The Balaban J connectivity index is 0.000000192. The van der Waals surface area contributed by atoms with E-state index in [9.17, 15) is 41.5 Å². The largest absolute Gasteiger partial charge is 0.465 e. The number of rotatable bonds is 7. The summed E-state index contributed by atoms with van der Waals surface area (Å²) >= 11 is 0. The van der Waals surface area contributed by atoms with Crippen LogP contribution < -0.4 is 16.0 Å². The van der Waals surface area contributed by atoms with E-state index in [-0.39, 0.29) is 36.6 Å².